The van der Waals surface area contributed by atoms with Crippen molar-refractivity contribution in [1.82, 2.24) is 24.9 Å². The van der Waals surface area contributed by atoms with E-state index in [-0.39, 0.29) is 36.4 Å². The predicted octanol–water partition coefficient (Wildman–Crippen LogP) is 0.809. The molecular weight excluding hydrogens is 406 g/mol. The molecule has 2 aromatic heterocycles. The van der Waals surface area contributed by atoms with Crippen LogP contribution in [-0.2, 0) is 20.7 Å². The van der Waals surface area contributed by atoms with Crippen molar-refractivity contribution in [3.8, 4) is 0 Å². The number of nitrogens with zero attached hydrogens (tertiary/aromatic N) is 4. The van der Waals surface area contributed by atoms with Crippen LogP contribution in [0.15, 0.2) is 29.4 Å². The van der Waals surface area contributed by atoms with Gasteiger partial charge in [0.05, 0.1) is 24.3 Å². The van der Waals surface area contributed by atoms with Gasteiger partial charge in [0.2, 0.25) is 12.3 Å². The van der Waals surface area contributed by atoms with Crippen molar-refractivity contribution < 1.29 is 28.8 Å². The maximum atomic E-state index is 12.9. The number of morpholine rings is 1. The number of fused-ring (bicyclic) bond motifs is 1. The first kappa shape index (κ1) is 22.5. The Morgan fingerprint density at radius 2 is 2.23 bits per heavy atom. The molecule has 0 aromatic carbocycles. The summed E-state index contributed by atoms with van der Waals surface area (Å²) in [6.45, 7) is 1.38. The van der Waals surface area contributed by atoms with Crippen LogP contribution < -0.4 is 0 Å². The number of hydrogen-bond donors (Lipinski definition) is 2. The summed E-state index contributed by atoms with van der Waals surface area (Å²) in [4.78, 5) is 44.7. The highest BCUT2D eigenvalue weighted by molar-refractivity contribution is 5.94. The van der Waals surface area contributed by atoms with Gasteiger partial charge in [-0.05, 0) is 25.3 Å². The maximum absolute atomic E-state index is 12.9. The summed E-state index contributed by atoms with van der Waals surface area (Å²) >= 11 is 0. The second-order valence-electron chi connectivity index (χ2n) is 7.55. The van der Waals surface area contributed by atoms with Crippen LogP contribution >= 0.6 is 0 Å². The summed E-state index contributed by atoms with van der Waals surface area (Å²) in [6.07, 6.45) is 7.50. The van der Waals surface area contributed by atoms with Gasteiger partial charge in [-0.25, -0.2) is 0 Å². The van der Waals surface area contributed by atoms with Gasteiger partial charge in [0.25, 0.3) is 12.4 Å². The first-order valence-electron chi connectivity index (χ1n) is 10.2. The molecule has 2 amide bonds. The van der Waals surface area contributed by atoms with Gasteiger partial charge in [0.1, 0.15) is 0 Å². The molecule has 4 rings (SSSR count). The van der Waals surface area contributed by atoms with Crippen molar-refractivity contribution in [1.29, 1.82) is 0 Å². The van der Waals surface area contributed by atoms with Crippen LogP contribution in [0.5, 0.6) is 0 Å². The average Bonchev–Trinajstić information content (AvgIpc) is 3.50. The number of aromatic nitrogens is 3. The second kappa shape index (κ2) is 10.7. The van der Waals surface area contributed by atoms with E-state index in [9.17, 15) is 9.59 Å². The number of rotatable bonds is 5. The number of nitrogens with one attached hydrogen (secondary N) is 1. The Labute approximate surface area is 179 Å². The van der Waals surface area contributed by atoms with Crippen LogP contribution in [0.3, 0.4) is 0 Å². The Balaban J connectivity index is 0.000000858. The molecule has 2 fully saturated rings. The van der Waals surface area contributed by atoms with Gasteiger partial charge < -0.3 is 29.2 Å². The van der Waals surface area contributed by atoms with Crippen LogP contribution in [0.1, 0.15) is 35.4 Å². The fourth-order valence-electron chi connectivity index (χ4n) is 4.20. The van der Waals surface area contributed by atoms with E-state index in [4.69, 9.17) is 19.2 Å². The number of aromatic amines is 1. The van der Waals surface area contributed by atoms with E-state index in [2.05, 4.69) is 15.1 Å². The third-order valence-electron chi connectivity index (χ3n) is 5.73. The van der Waals surface area contributed by atoms with Crippen LogP contribution in [0.25, 0.3) is 0 Å². The first-order chi connectivity index (χ1) is 15.0. The van der Waals surface area contributed by atoms with Gasteiger partial charge in [-0.3, -0.25) is 14.4 Å². The number of ether oxygens (including phenoxy) is 1. The molecule has 2 aliphatic rings. The number of amides is 2. The highest BCUT2D eigenvalue weighted by atomic mass is 16.5. The van der Waals surface area contributed by atoms with Crippen LogP contribution in [0.4, 0.5) is 0 Å². The van der Waals surface area contributed by atoms with E-state index in [1.807, 2.05) is 4.90 Å². The predicted molar refractivity (Wildman–Crippen MR) is 107 cm³/mol. The molecule has 1 saturated heterocycles. The molecule has 2 aromatic rings. The minimum Gasteiger partial charge on any atom is -0.483 e. The van der Waals surface area contributed by atoms with Crippen molar-refractivity contribution in [2.24, 2.45) is 5.92 Å². The van der Waals surface area contributed by atoms with E-state index < -0.39 is 0 Å². The first-order valence-corrected chi connectivity index (χ1v) is 10.2. The number of hydrogen-bond acceptors (Lipinski definition) is 7. The lowest BCUT2D eigenvalue weighted by Gasteiger charge is -2.46. The van der Waals surface area contributed by atoms with Crippen LogP contribution in [0, 0.1) is 5.92 Å². The van der Waals surface area contributed by atoms with Crippen molar-refractivity contribution in [2.45, 2.75) is 37.8 Å². The Kier molecular flexibility index (Phi) is 7.76. The summed E-state index contributed by atoms with van der Waals surface area (Å²) in [7, 11) is 1.80. The Morgan fingerprint density at radius 3 is 2.90 bits per heavy atom. The molecular formula is C20H27N5O6. The second-order valence-corrected chi connectivity index (χ2v) is 7.55. The summed E-state index contributed by atoms with van der Waals surface area (Å²) in [5, 5.41) is 10.7. The number of likely N-dealkylation sites (N-methyl/N-ethyl adjacent to an activating group) is 1. The van der Waals surface area contributed by atoms with Gasteiger partial charge in [-0.2, -0.15) is 4.98 Å². The lowest BCUT2D eigenvalue weighted by Crippen LogP contribution is -2.57. The van der Waals surface area contributed by atoms with Gasteiger partial charge in [-0.15, -0.1) is 0 Å². The third kappa shape index (κ3) is 5.48. The molecule has 0 bridgehead atoms. The molecule has 0 spiro atoms. The number of carboxylic acid groups (broad SMARTS) is 1. The SMILES string of the molecule is CN(CCc1ncon1)C(=O)[C@H]1CC[C@H]2OCCN(C(=O)c3cc[nH]c3)[C@@H]2C1.O=CO. The largest absolute Gasteiger partial charge is 0.483 e. The fraction of sp³-hybridized carbons (Fsp3) is 0.550. The quantitative estimate of drug-likeness (QED) is 0.660. The smallest absolute Gasteiger partial charge is 0.290 e. The van der Waals surface area contributed by atoms with E-state index in [1.165, 1.54) is 6.39 Å². The molecule has 1 aliphatic carbocycles. The Bertz CT molecular complexity index is 840. The molecule has 31 heavy (non-hydrogen) atoms. The molecule has 2 N–H and O–H groups in total. The average molecular weight is 433 g/mol. The van der Waals surface area contributed by atoms with Gasteiger partial charge in [-0.1, -0.05) is 5.16 Å². The molecule has 0 unspecified atom stereocenters. The third-order valence-corrected chi connectivity index (χ3v) is 5.73. The zero-order valence-corrected chi connectivity index (χ0v) is 17.3. The summed E-state index contributed by atoms with van der Waals surface area (Å²) < 4.78 is 10.6. The summed E-state index contributed by atoms with van der Waals surface area (Å²) in [6, 6.07) is 1.72. The monoisotopic (exact) mass is 433 g/mol. The number of carbonyl (C=O) groups is 3. The van der Waals surface area contributed by atoms with E-state index in [1.54, 1.807) is 30.4 Å². The van der Waals surface area contributed by atoms with Crippen molar-refractivity contribution in [3.63, 3.8) is 0 Å². The van der Waals surface area contributed by atoms with Crippen LogP contribution in [-0.4, -0.2) is 87.2 Å². The lowest BCUT2D eigenvalue weighted by atomic mass is 9.81. The fourth-order valence-corrected chi connectivity index (χ4v) is 4.20. The molecule has 168 valence electrons. The standard InChI is InChI=1S/C19H25N5O4.CH2O2/c1-23(7-5-17-21-12-28-22-17)18(25)13-2-3-16-15(10-13)24(8-9-27-16)19(26)14-4-6-20-11-14;2-1-3/h4,6,11-13,15-16,20H,2-3,5,7-10H2,1H3;1H,(H,2,3)/t13-,15+,16+;/m0./s1. The normalized spacial score (nSPS) is 22.6. The minimum atomic E-state index is -0.250. The molecule has 3 heterocycles. The van der Waals surface area contributed by atoms with Crippen LogP contribution in [0.2, 0.25) is 0 Å². The molecule has 11 nitrogen and oxygen atoms in total. The number of H-pyrrole nitrogens is 1. The number of carbonyl (C=O) groups excluding carboxylic acids is 2. The van der Waals surface area contributed by atoms with E-state index >= 15 is 0 Å². The van der Waals surface area contributed by atoms with E-state index in [0.29, 0.717) is 43.9 Å². The lowest BCUT2D eigenvalue weighted by molar-refractivity contribution is -0.140. The van der Waals surface area contributed by atoms with Crippen molar-refractivity contribution >= 4 is 18.3 Å². The molecule has 0 radical (unpaired) electrons. The minimum absolute atomic E-state index is 0.00175. The highest BCUT2D eigenvalue weighted by Crippen LogP contribution is 2.34. The molecule has 11 heteroatoms. The van der Waals surface area contributed by atoms with E-state index in [0.717, 1.165) is 12.8 Å². The molecule has 1 saturated carbocycles. The zero-order valence-electron chi connectivity index (χ0n) is 17.3. The van der Waals surface area contributed by atoms with Gasteiger partial charge >= 0.3 is 0 Å². The van der Waals surface area contributed by atoms with Crippen molar-refractivity contribution in [3.05, 3.63) is 36.2 Å². The van der Waals surface area contributed by atoms with Crippen molar-refractivity contribution in [2.75, 3.05) is 26.7 Å². The molecule has 3 atom stereocenters. The zero-order chi connectivity index (χ0) is 22.2. The van der Waals surface area contributed by atoms with Gasteiger partial charge in [0, 0.05) is 44.9 Å². The van der Waals surface area contributed by atoms with Gasteiger partial charge in [0.15, 0.2) is 5.82 Å². The maximum Gasteiger partial charge on any atom is 0.290 e. The molecule has 1 aliphatic heterocycles. The topological polar surface area (TPSA) is 142 Å². The Hall–Kier alpha value is -3.21. The summed E-state index contributed by atoms with van der Waals surface area (Å²) in [5.74, 6) is 0.576. The summed E-state index contributed by atoms with van der Waals surface area (Å²) in [5.41, 5.74) is 0.645. The Morgan fingerprint density at radius 1 is 1.42 bits per heavy atom. The highest BCUT2D eigenvalue weighted by Gasteiger charge is 2.42.